The van der Waals surface area contributed by atoms with Crippen LogP contribution in [0.5, 0.6) is 0 Å². The number of fused-ring (bicyclic) bond motifs is 1. The highest BCUT2D eigenvalue weighted by Gasteiger charge is 2.25. The Morgan fingerprint density at radius 3 is 2.57 bits per heavy atom. The number of benzene rings is 2. The fourth-order valence-corrected chi connectivity index (χ4v) is 2.77. The van der Waals surface area contributed by atoms with E-state index in [9.17, 15) is 9.59 Å². The van der Waals surface area contributed by atoms with Gasteiger partial charge in [-0.1, -0.05) is 29.3 Å². The average Bonchev–Trinajstić information content (AvgIpc) is 2.82. The molecule has 0 saturated heterocycles. The first kappa shape index (κ1) is 15.6. The van der Waals surface area contributed by atoms with E-state index in [-0.39, 0.29) is 5.91 Å². The summed E-state index contributed by atoms with van der Waals surface area (Å²) in [6.45, 7) is 0. The average molecular weight is 348 g/mol. The Morgan fingerprint density at radius 2 is 1.83 bits per heavy atom. The number of nitrogens with one attached hydrogen (secondary N) is 1. The summed E-state index contributed by atoms with van der Waals surface area (Å²) in [5, 5.41) is 3.73. The number of amides is 1. The van der Waals surface area contributed by atoms with E-state index in [1.165, 1.54) is 7.11 Å². The Bertz CT molecular complexity index is 859. The summed E-state index contributed by atoms with van der Waals surface area (Å²) in [6.07, 6.45) is 1.62. The van der Waals surface area contributed by atoms with Crippen molar-refractivity contribution in [3.8, 4) is 0 Å². The first-order valence-electron chi connectivity index (χ1n) is 6.70. The van der Waals surface area contributed by atoms with Gasteiger partial charge in [-0.05, 0) is 42.0 Å². The third kappa shape index (κ3) is 2.96. The highest BCUT2D eigenvalue weighted by atomic mass is 35.5. The normalized spacial score (nSPS) is 14.6. The number of halogens is 2. The topological polar surface area (TPSA) is 55.4 Å². The summed E-state index contributed by atoms with van der Waals surface area (Å²) < 4.78 is 4.76. The van der Waals surface area contributed by atoms with Crippen molar-refractivity contribution in [2.24, 2.45) is 0 Å². The highest BCUT2D eigenvalue weighted by Crippen LogP contribution is 2.35. The second kappa shape index (κ2) is 6.07. The Hall–Kier alpha value is -2.30. The molecule has 0 fully saturated rings. The van der Waals surface area contributed by atoms with Gasteiger partial charge in [0, 0.05) is 21.2 Å². The van der Waals surface area contributed by atoms with Crippen LogP contribution in [0.4, 0.5) is 5.69 Å². The lowest BCUT2D eigenvalue weighted by molar-refractivity contribution is -0.110. The van der Waals surface area contributed by atoms with E-state index in [0.29, 0.717) is 32.4 Å². The van der Waals surface area contributed by atoms with Gasteiger partial charge >= 0.3 is 5.97 Å². The molecular formula is C17H11Cl2NO3. The van der Waals surface area contributed by atoms with Crippen LogP contribution in [0.15, 0.2) is 36.4 Å². The Balaban J connectivity index is 2.15. The molecule has 0 spiro atoms. The van der Waals surface area contributed by atoms with Crippen LogP contribution in [0.3, 0.4) is 0 Å². The van der Waals surface area contributed by atoms with Crippen LogP contribution in [-0.4, -0.2) is 19.0 Å². The van der Waals surface area contributed by atoms with Crippen molar-refractivity contribution >= 4 is 52.4 Å². The summed E-state index contributed by atoms with van der Waals surface area (Å²) >= 11 is 11.9. The van der Waals surface area contributed by atoms with Crippen LogP contribution in [-0.2, 0) is 9.53 Å². The number of methoxy groups -OCH3 is 1. The summed E-state index contributed by atoms with van der Waals surface area (Å²) in [7, 11) is 1.30. The van der Waals surface area contributed by atoms with Crippen LogP contribution >= 0.6 is 23.2 Å². The largest absolute Gasteiger partial charge is 0.465 e. The highest BCUT2D eigenvalue weighted by molar-refractivity contribution is 6.37. The molecule has 0 unspecified atom stereocenters. The number of carbonyl (C=O) groups excluding carboxylic acids is 2. The van der Waals surface area contributed by atoms with Crippen LogP contribution < -0.4 is 5.32 Å². The van der Waals surface area contributed by atoms with Crippen LogP contribution in [0.1, 0.15) is 21.5 Å². The molecule has 2 aromatic rings. The number of esters is 1. The van der Waals surface area contributed by atoms with Crippen molar-refractivity contribution in [3.63, 3.8) is 0 Å². The molecule has 1 aliphatic rings. The summed E-state index contributed by atoms with van der Waals surface area (Å²) in [4.78, 5) is 24.1. The monoisotopic (exact) mass is 347 g/mol. The number of hydrogen-bond acceptors (Lipinski definition) is 3. The van der Waals surface area contributed by atoms with E-state index in [0.717, 1.165) is 5.56 Å². The van der Waals surface area contributed by atoms with E-state index in [1.807, 2.05) is 0 Å². The molecule has 4 nitrogen and oxygen atoms in total. The second-order valence-electron chi connectivity index (χ2n) is 4.93. The molecule has 2 aromatic carbocycles. The van der Waals surface area contributed by atoms with Gasteiger partial charge in [-0.3, -0.25) is 4.79 Å². The third-order valence-electron chi connectivity index (χ3n) is 3.48. The zero-order valence-electron chi connectivity index (χ0n) is 12.0. The minimum Gasteiger partial charge on any atom is -0.465 e. The van der Waals surface area contributed by atoms with Gasteiger partial charge in [0.1, 0.15) is 0 Å². The Morgan fingerprint density at radius 1 is 1.13 bits per heavy atom. The molecule has 1 aliphatic heterocycles. The first-order chi connectivity index (χ1) is 11.0. The molecule has 3 rings (SSSR count). The summed E-state index contributed by atoms with van der Waals surface area (Å²) in [5.74, 6) is -0.763. The first-order valence-corrected chi connectivity index (χ1v) is 7.46. The molecule has 1 amide bonds. The fourth-order valence-electron chi connectivity index (χ4n) is 2.41. The maximum atomic E-state index is 12.2. The van der Waals surface area contributed by atoms with Crippen LogP contribution in [0.2, 0.25) is 10.0 Å². The summed E-state index contributed by atoms with van der Waals surface area (Å²) in [5.41, 5.74) is 2.63. The van der Waals surface area contributed by atoms with E-state index in [1.54, 1.807) is 42.5 Å². The SMILES string of the molecule is COC(=O)c1ccc(Cl)cc1/C=C1/C(=O)Nc2cc(Cl)ccc21. The van der Waals surface area contributed by atoms with Gasteiger partial charge in [0.05, 0.1) is 18.4 Å². The number of hydrogen-bond donors (Lipinski definition) is 1. The molecule has 0 radical (unpaired) electrons. The van der Waals surface area contributed by atoms with Crippen LogP contribution in [0, 0.1) is 0 Å². The maximum Gasteiger partial charge on any atom is 0.338 e. The van der Waals surface area contributed by atoms with Gasteiger partial charge in [0.15, 0.2) is 0 Å². The van der Waals surface area contributed by atoms with Crippen molar-refractivity contribution in [3.05, 3.63) is 63.1 Å². The molecule has 6 heteroatoms. The van der Waals surface area contributed by atoms with E-state index in [2.05, 4.69) is 5.32 Å². The molecular weight excluding hydrogens is 337 g/mol. The van der Waals surface area contributed by atoms with Gasteiger partial charge in [-0.25, -0.2) is 4.79 Å². The van der Waals surface area contributed by atoms with E-state index < -0.39 is 5.97 Å². The molecule has 0 saturated carbocycles. The predicted molar refractivity (Wildman–Crippen MR) is 90.7 cm³/mol. The number of anilines is 1. The van der Waals surface area contributed by atoms with Gasteiger partial charge in [-0.15, -0.1) is 0 Å². The molecule has 23 heavy (non-hydrogen) atoms. The molecule has 116 valence electrons. The standard InChI is InChI=1S/C17H11Cl2NO3/c1-23-17(22)12-4-2-10(18)6-9(12)7-14-13-5-3-11(19)8-15(13)20-16(14)21/h2-8H,1H3,(H,20,21)/b14-7+. The Kier molecular flexibility index (Phi) is 4.11. The minimum absolute atomic E-state index is 0.266. The smallest absolute Gasteiger partial charge is 0.338 e. The zero-order chi connectivity index (χ0) is 16.6. The van der Waals surface area contributed by atoms with Gasteiger partial charge in [0.2, 0.25) is 0 Å². The lowest BCUT2D eigenvalue weighted by Gasteiger charge is -2.06. The van der Waals surface area contributed by atoms with Gasteiger partial charge in [0.25, 0.3) is 5.91 Å². The number of rotatable bonds is 2. The predicted octanol–water partition coefficient (Wildman–Crippen LogP) is 4.27. The second-order valence-corrected chi connectivity index (χ2v) is 5.80. The molecule has 0 aromatic heterocycles. The number of ether oxygens (including phenoxy) is 1. The molecule has 0 bridgehead atoms. The van der Waals surface area contributed by atoms with Crippen molar-refractivity contribution in [1.29, 1.82) is 0 Å². The van der Waals surface area contributed by atoms with E-state index in [4.69, 9.17) is 27.9 Å². The minimum atomic E-state index is -0.497. The molecule has 1 heterocycles. The summed E-state index contributed by atoms with van der Waals surface area (Å²) in [6, 6.07) is 9.91. The number of carbonyl (C=O) groups is 2. The van der Waals surface area contributed by atoms with Gasteiger partial charge in [-0.2, -0.15) is 0 Å². The third-order valence-corrected chi connectivity index (χ3v) is 3.95. The zero-order valence-corrected chi connectivity index (χ0v) is 13.5. The Labute approximate surface area is 142 Å². The van der Waals surface area contributed by atoms with E-state index >= 15 is 0 Å². The molecule has 0 atom stereocenters. The maximum absolute atomic E-state index is 12.2. The lowest BCUT2D eigenvalue weighted by atomic mass is 10.0. The van der Waals surface area contributed by atoms with Crippen molar-refractivity contribution in [1.82, 2.24) is 0 Å². The quantitative estimate of drug-likeness (QED) is 0.651. The molecule has 0 aliphatic carbocycles. The van der Waals surface area contributed by atoms with Crippen LogP contribution in [0.25, 0.3) is 11.6 Å². The lowest BCUT2D eigenvalue weighted by Crippen LogP contribution is -2.06. The van der Waals surface area contributed by atoms with Crippen molar-refractivity contribution < 1.29 is 14.3 Å². The van der Waals surface area contributed by atoms with Crippen molar-refractivity contribution in [2.45, 2.75) is 0 Å². The fraction of sp³-hybridized carbons (Fsp3) is 0.0588. The van der Waals surface area contributed by atoms with Gasteiger partial charge < -0.3 is 10.1 Å². The molecule has 1 N–H and O–H groups in total. The van der Waals surface area contributed by atoms with Crippen molar-refractivity contribution in [2.75, 3.05) is 12.4 Å².